The maximum Gasteiger partial charge on any atom is 0.279 e. The van der Waals surface area contributed by atoms with E-state index in [-0.39, 0.29) is 5.56 Å². The molecule has 3 nitrogen and oxygen atoms in total. The SMILES string of the molecule is Cc1ccc(Cn2ccccc2=NC(=O)c2cccc(F)c2)cc1. The summed E-state index contributed by atoms with van der Waals surface area (Å²) in [6.45, 7) is 2.65. The van der Waals surface area contributed by atoms with Crippen LogP contribution in [0, 0.1) is 12.7 Å². The highest BCUT2D eigenvalue weighted by Crippen LogP contribution is 2.06. The van der Waals surface area contributed by atoms with Gasteiger partial charge in [-0.05, 0) is 42.8 Å². The minimum Gasteiger partial charge on any atom is -0.328 e. The Morgan fingerprint density at radius 2 is 1.83 bits per heavy atom. The van der Waals surface area contributed by atoms with E-state index in [1.165, 1.54) is 23.8 Å². The number of benzene rings is 2. The van der Waals surface area contributed by atoms with E-state index in [1.54, 1.807) is 12.1 Å². The van der Waals surface area contributed by atoms with Gasteiger partial charge in [0.15, 0.2) is 0 Å². The van der Waals surface area contributed by atoms with Crippen LogP contribution in [-0.4, -0.2) is 10.5 Å². The standard InChI is InChI=1S/C20H17FN2O/c1-15-8-10-16(11-9-15)14-23-12-3-2-7-19(23)22-20(24)17-5-4-6-18(21)13-17/h2-13H,14H2,1H3. The normalized spacial score (nSPS) is 11.5. The van der Waals surface area contributed by atoms with Crippen molar-refractivity contribution in [2.24, 2.45) is 4.99 Å². The van der Waals surface area contributed by atoms with E-state index in [4.69, 9.17) is 0 Å². The van der Waals surface area contributed by atoms with E-state index in [0.29, 0.717) is 12.0 Å². The van der Waals surface area contributed by atoms with Gasteiger partial charge in [-0.2, -0.15) is 4.99 Å². The zero-order valence-corrected chi connectivity index (χ0v) is 13.3. The first-order valence-corrected chi connectivity index (χ1v) is 7.67. The number of carbonyl (C=O) groups excluding carboxylic acids is 1. The van der Waals surface area contributed by atoms with Crippen molar-refractivity contribution in [3.05, 3.63) is 101 Å². The number of aromatic nitrogens is 1. The number of halogens is 1. The Labute approximate surface area is 139 Å². The third kappa shape index (κ3) is 3.84. The molecule has 0 atom stereocenters. The zero-order valence-electron chi connectivity index (χ0n) is 13.3. The summed E-state index contributed by atoms with van der Waals surface area (Å²) >= 11 is 0. The first-order chi connectivity index (χ1) is 11.6. The Morgan fingerprint density at radius 1 is 1.04 bits per heavy atom. The molecule has 0 aliphatic rings. The van der Waals surface area contributed by atoms with Gasteiger partial charge in [-0.3, -0.25) is 4.79 Å². The summed E-state index contributed by atoms with van der Waals surface area (Å²) in [5, 5.41) is 0. The fraction of sp³-hybridized carbons (Fsp3) is 0.100. The summed E-state index contributed by atoms with van der Waals surface area (Å²) in [5.41, 5.74) is 3.09. The Hall–Kier alpha value is -3.01. The van der Waals surface area contributed by atoms with Crippen LogP contribution in [0.2, 0.25) is 0 Å². The van der Waals surface area contributed by atoms with Crippen LogP contribution < -0.4 is 5.49 Å². The molecule has 0 fully saturated rings. The fourth-order valence-electron chi connectivity index (χ4n) is 2.38. The highest BCUT2D eigenvalue weighted by Gasteiger charge is 2.05. The van der Waals surface area contributed by atoms with Crippen LogP contribution >= 0.6 is 0 Å². The van der Waals surface area contributed by atoms with Crippen LogP contribution in [-0.2, 0) is 6.54 Å². The van der Waals surface area contributed by atoms with Gasteiger partial charge in [0.25, 0.3) is 5.91 Å². The van der Waals surface area contributed by atoms with E-state index in [0.717, 1.165) is 5.56 Å². The van der Waals surface area contributed by atoms with Crippen molar-refractivity contribution in [3.63, 3.8) is 0 Å². The lowest BCUT2D eigenvalue weighted by atomic mass is 10.1. The van der Waals surface area contributed by atoms with E-state index in [9.17, 15) is 9.18 Å². The second-order valence-corrected chi connectivity index (χ2v) is 5.60. The molecule has 0 saturated heterocycles. The number of amides is 1. The fourth-order valence-corrected chi connectivity index (χ4v) is 2.38. The lowest BCUT2D eigenvalue weighted by Gasteiger charge is -2.08. The van der Waals surface area contributed by atoms with Gasteiger partial charge in [-0.25, -0.2) is 4.39 Å². The molecular weight excluding hydrogens is 303 g/mol. The van der Waals surface area contributed by atoms with Crippen LogP contribution in [0.25, 0.3) is 0 Å². The predicted molar refractivity (Wildman–Crippen MR) is 91.0 cm³/mol. The maximum atomic E-state index is 13.3. The highest BCUT2D eigenvalue weighted by molar-refractivity contribution is 5.94. The Morgan fingerprint density at radius 3 is 2.58 bits per heavy atom. The number of aryl methyl sites for hydroxylation is 1. The van der Waals surface area contributed by atoms with Crippen LogP contribution in [0.5, 0.6) is 0 Å². The van der Waals surface area contributed by atoms with Gasteiger partial charge in [0.05, 0.1) is 0 Å². The molecule has 1 aromatic heterocycles. The van der Waals surface area contributed by atoms with Crippen LogP contribution in [0.1, 0.15) is 21.5 Å². The zero-order chi connectivity index (χ0) is 16.9. The average molecular weight is 320 g/mol. The molecule has 0 spiro atoms. The van der Waals surface area contributed by atoms with E-state index in [2.05, 4.69) is 4.99 Å². The molecule has 24 heavy (non-hydrogen) atoms. The van der Waals surface area contributed by atoms with Gasteiger partial charge in [-0.1, -0.05) is 42.0 Å². The van der Waals surface area contributed by atoms with Gasteiger partial charge in [0.2, 0.25) is 0 Å². The molecular formula is C20H17FN2O. The van der Waals surface area contributed by atoms with Crippen molar-refractivity contribution >= 4 is 5.91 Å². The smallest absolute Gasteiger partial charge is 0.279 e. The molecule has 0 radical (unpaired) electrons. The van der Waals surface area contributed by atoms with Crippen LogP contribution in [0.3, 0.4) is 0 Å². The second kappa shape index (κ2) is 7.04. The molecule has 2 aromatic carbocycles. The first kappa shape index (κ1) is 15.9. The molecule has 0 bridgehead atoms. The van der Waals surface area contributed by atoms with Gasteiger partial charge < -0.3 is 4.57 Å². The number of pyridine rings is 1. The van der Waals surface area contributed by atoms with Crippen molar-refractivity contribution in [2.75, 3.05) is 0 Å². The monoisotopic (exact) mass is 320 g/mol. The number of hydrogen-bond donors (Lipinski definition) is 0. The molecule has 3 aromatic rings. The number of hydrogen-bond acceptors (Lipinski definition) is 1. The van der Waals surface area contributed by atoms with Crippen molar-refractivity contribution in [3.8, 4) is 0 Å². The van der Waals surface area contributed by atoms with Crippen molar-refractivity contribution < 1.29 is 9.18 Å². The predicted octanol–water partition coefficient (Wildman–Crippen LogP) is 3.73. The minimum atomic E-state index is -0.460. The van der Waals surface area contributed by atoms with Gasteiger partial charge in [0.1, 0.15) is 11.3 Å². The summed E-state index contributed by atoms with van der Waals surface area (Å²) in [6.07, 6.45) is 1.87. The molecule has 3 rings (SSSR count). The molecule has 0 unspecified atom stereocenters. The lowest BCUT2D eigenvalue weighted by molar-refractivity contribution is 0.0996. The molecule has 4 heteroatoms. The third-order valence-electron chi connectivity index (χ3n) is 3.68. The second-order valence-electron chi connectivity index (χ2n) is 5.60. The highest BCUT2D eigenvalue weighted by atomic mass is 19.1. The summed E-state index contributed by atoms with van der Waals surface area (Å²) in [4.78, 5) is 16.4. The van der Waals surface area contributed by atoms with E-state index in [1.807, 2.05) is 54.1 Å². The summed E-state index contributed by atoms with van der Waals surface area (Å²) in [7, 11) is 0. The lowest BCUT2D eigenvalue weighted by Crippen LogP contribution is -2.22. The topological polar surface area (TPSA) is 34.4 Å². The van der Waals surface area contributed by atoms with Crippen molar-refractivity contribution in [2.45, 2.75) is 13.5 Å². The number of rotatable bonds is 3. The van der Waals surface area contributed by atoms with Crippen molar-refractivity contribution in [1.29, 1.82) is 0 Å². The first-order valence-electron chi connectivity index (χ1n) is 7.67. The van der Waals surface area contributed by atoms with E-state index < -0.39 is 11.7 Å². The summed E-state index contributed by atoms with van der Waals surface area (Å²) in [6, 6.07) is 19.2. The molecule has 1 heterocycles. The van der Waals surface area contributed by atoms with Gasteiger partial charge >= 0.3 is 0 Å². The number of carbonyl (C=O) groups is 1. The number of nitrogens with zero attached hydrogens (tertiary/aromatic N) is 2. The molecule has 0 aliphatic heterocycles. The molecule has 120 valence electrons. The van der Waals surface area contributed by atoms with Crippen molar-refractivity contribution in [1.82, 2.24) is 4.57 Å². The molecule has 1 amide bonds. The van der Waals surface area contributed by atoms with Gasteiger partial charge in [0, 0.05) is 18.3 Å². The Kier molecular flexibility index (Phi) is 4.66. The average Bonchev–Trinajstić information content (AvgIpc) is 2.58. The largest absolute Gasteiger partial charge is 0.328 e. The molecule has 0 N–H and O–H groups in total. The van der Waals surface area contributed by atoms with Crippen LogP contribution in [0.4, 0.5) is 4.39 Å². The quantitative estimate of drug-likeness (QED) is 0.724. The minimum absolute atomic E-state index is 0.237. The maximum absolute atomic E-state index is 13.3. The van der Waals surface area contributed by atoms with Crippen LogP contribution in [0.15, 0.2) is 77.9 Å². The Bertz CT molecular complexity index is 927. The van der Waals surface area contributed by atoms with Gasteiger partial charge in [-0.15, -0.1) is 0 Å². The van der Waals surface area contributed by atoms with E-state index >= 15 is 0 Å². The molecule has 0 aliphatic carbocycles. The Balaban J connectivity index is 1.93. The molecule has 0 saturated carbocycles. The summed E-state index contributed by atoms with van der Waals surface area (Å²) in [5.74, 6) is -0.907. The summed E-state index contributed by atoms with van der Waals surface area (Å²) < 4.78 is 15.2. The third-order valence-corrected chi connectivity index (χ3v) is 3.68.